The molecule has 5 nitrogen and oxygen atoms in total. The first-order valence-electron chi connectivity index (χ1n) is 7.08. The van der Waals surface area contributed by atoms with E-state index in [0.29, 0.717) is 17.4 Å². The summed E-state index contributed by atoms with van der Waals surface area (Å²) in [5.41, 5.74) is 8.06. The quantitative estimate of drug-likeness (QED) is 0.857. The summed E-state index contributed by atoms with van der Waals surface area (Å²) in [7, 11) is 3.25. The van der Waals surface area contributed by atoms with E-state index < -0.39 is 0 Å². The summed E-state index contributed by atoms with van der Waals surface area (Å²) >= 11 is 0. The minimum absolute atomic E-state index is 0.0705. The van der Waals surface area contributed by atoms with E-state index in [1.165, 1.54) is 0 Å². The van der Waals surface area contributed by atoms with E-state index in [9.17, 15) is 0 Å². The zero-order chi connectivity index (χ0) is 15.4. The van der Waals surface area contributed by atoms with Gasteiger partial charge in [-0.05, 0) is 30.5 Å². The van der Waals surface area contributed by atoms with E-state index in [4.69, 9.17) is 15.2 Å². The molecule has 0 amide bonds. The van der Waals surface area contributed by atoms with Gasteiger partial charge in [0.2, 0.25) is 0 Å². The number of hydrogen-bond donors (Lipinski definition) is 2. The van der Waals surface area contributed by atoms with Crippen molar-refractivity contribution in [1.29, 1.82) is 0 Å². The van der Waals surface area contributed by atoms with Gasteiger partial charge in [0, 0.05) is 5.56 Å². The molecule has 1 aromatic heterocycles. The average Bonchev–Trinajstić information content (AvgIpc) is 2.95. The van der Waals surface area contributed by atoms with Crippen molar-refractivity contribution in [3.63, 3.8) is 0 Å². The first-order chi connectivity index (χ1) is 10.0. The molecule has 0 saturated carbocycles. The standard InChI is InChI=1S/C16H23N3O2/c1-10(2)7-12(17)16-18-9-13(19-16)11-5-6-14(20-3)15(8-11)21-4/h5-6,8-10,12H,7,17H2,1-4H3,(H,18,19). The Bertz CT molecular complexity index is 593. The van der Waals surface area contributed by atoms with Gasteiger partial charge in [-0.3, -0.25) is 0 Å². The van der Waals surface area contributed by atoms with Crippen molar-refractivity contribution in [2.75, 3.05) is 14.2 Å². The lowest BCUT2D eigenvalue weighted by molar-refractivity contribution is 0.355. The van der Waals surface area contributed by atoms with Gasteiger partial charge >= 0.3 is 0 Å². The van der Waals surface area contributed by atoms with Crippen LogP contribution in [0.1, 0.15) is 32.1 Å². The lowest BCUT2D eigenvalue weighted by Gasteiger charge is -2.11. The molecule has 0 fully saturated rings. The Hall–Kier alpha value is -2.01. The van der Waals surface area contributed by atoms with Gasteiger partial charge in [0.15, 0.2) is 11.5 Å². The van der Waals surface area contributed by atoms with Crippen molar-refractivity contribution >= 4 is 0 Å². The Balaban J connectivity index is 2.25. The Morgan fingerprint density at radius 3 is 2.52 bits per heavy atom. The molecule has 2 aromatic rings. The maximum Gasteiger partial charge on any atom is 0.161 e. The second-order valence-corrected chi connectivity index (χ2v) is 5.49. The highest BCUT2D eigenvalue weighted by Crippen LogP contribution is 2.32. The summed E-state index contributed by atoms with van der Waals surface area (Å²) in [5, 5.41) is 0. The van der Waals surface area contributed by atoms with Gasteiger partial charge < -0.3 is 20.2 Å². The number of aromatic amines is 1. The lowest BCUT2D eigenvalue weighted by atomic mass is 10.0. The fraction of sp³-hybridized carbons (Fsp3) is 0.438. The highest BCUT2D eigenvalue weighted by atomic mass is 16.5. The van der Waals surface area contributed by atoms with E-state index in [0.717, 1.165) is 23.5 Å². The van der Waals surface area contributed by atoms with Crippen LogP contribution in [0.4, 0.5) is 0 Å². The van der Waals surface area contributed by atoms with E-state index >= 15 is 0 Å². The van der Waals surface area contributed by atoms with Crippen molar-refractivity contribution in [2.24, 2.45) is 11.7 Å². The number of hydrogen-bond acceptors (Lipinski definition) is 4. The van der Waals surface area contributed by atoms with E-state index in [1.807, 2.05) is 18.2 Å². The van der Waals surface area contributed by atoms with Crippen LogP contribution in [0.25, 0.3) is 11.3 Å². The van der Waals surface area contributed by atoms with Crippen LogP contribution in [-0.2, 0) is 0 Å². The molecule has 1 atom stereocenters. The summed E-state index contributed by atoms with van der Waals surface area (Å²) in [6.07, 6.45) is 2.70. The van der Waals surface area contributed by atoms with Gasteiger partial charge in [0.05, 0.1) is 32.2 Å². The van der Waals surface area contributed by atoms with Gasteiger partial charge in [-0.25, -0.2) is 4.98 Å². The van der Waals surface area contributed by atoms with Crippen molar-refractivity contribution < 1.29 is 9.47 Å². The molecule has 0 aliphatic rings. The summed E-state index contributed by atoms with van der Waals surface area (Å²) in [4.78, 5) is 7.68. The van der Waals surface area contributed by atoms with E-state index in [-0.39, 0.29) is 6.04 Å². The lowest BCUT2D eigenvalue weighted by Crippen LogP contribution is -2.14. The highest BCUT2D eigenvalue weighted by Gasteiger charge is 2.13. The van der Waals surface area contributed by atoms with Gasteiger partial charge in [0.1, 0.15) is 5.82 Å². The van der Waals surface area contributed by atoms with Crippen LogP contribution in [0.2, 0.25) is 0 Å². The number of methoxy groups -OCH3 is 2. The largest absolute Gasteiger partial charge is 0.493 e. The number of H-pyrrole nitrogens is 1. The number of nitrogens with zero attached hydrogens (tertiary/aromatic N) is 1. The molecule has 0 aliphatic heterocycles. The normalized spacial score (nSPS) is 12.5. The van der Waals surface area contributed by atoms with Gasteiger partial charge in [-0.2, -0.15) is 0 Å². The highest BCUT2D eigenvalue weighted by molar-refractivity contribution is 5.63. The Kier molecular flexibility index (Phi) is 4.85. The number of ether oxygens (including phenoxy) is 2. The maximum atomic E-state index is 6.15. The number of aromatic nitrogens is 2. The number of rotatable bonds is 6. The third-order valence-corrected chi connectivity index (χ3v) is 3.37. The molecular formula is C16H23N3O2. The van der Waals surface area contributed by atoms with Crippen molar-refractivity contribution in [3.05, 3.63) is 30.2 Å². The van der Waals surface area contributed by atoms with Crippen LogP contribution >= 0.6 is 0 Å². The smallest absolute Gasteiger partial charge is 0.161 e. The maximum absolute atomic E-state index is 6.15. The van der Waals surface area contributed by atoms with Gasteiger partial charge in [0.25, 0.3) is 0 Å². The third-order valence-electron chi connectivity index (χ3n) is 3.37. The zero-order valence-corrected chi connectivity index (χ0v) is 13.0. The van der Waals surface area contributed by atoms with Crippen molar-refractivity contribution in [2.45, 2.75) is 26.3 Å². The molecule has 0 bridgehead atoms. The topological polar surface area (TPSA) is 73.2 Å². The van der Waals surface area contributed by atoms with Gasteiger partial charge in [-0.1, -0.05) is 13.8 Å². The summed E-state index contributed by atoms with van der Waals surface area (Å²) in [6, 6.07) is 5.69. The third kappa shape index (κ3) is 3.55. The monoisotopic (exact) mass is 289 g/mol. The SMILES string of the molecule is COc1ccc(-c2cnc(C(N)CC(C)C)[nH]2)cc1OC. The van der Waals surface area contributed by atoms with Crippen LogP contribution in [-0.4, -0.2) is 24.2 Å². The average molecular weight is 289 g/mol. The molecule has 114 valence electrons. The predicted octanol–water partition coefficient (Wildman–Crippen LogP) is 3.14. The van der Waals surface area contributed by atoms with Crippen LogP contribution in [0, 0.1) is 5.92 Å². The summed E-state index contributed by atoms with van der Waals surface area (Å²) in [5.74, 6) is 2.75. The fourth-order valence-electron chi connectivity index (χ4n) is 2.30. The second-order valence-electron chi connectivity index (χ2n) is 5.49. The molecule has 21 heavy (non-hydrogen) atoms. The number of benzene rings is 1. The second kappa shape index (κ2) is 6.63. The molecule has 0 saturated heterocycles. The Morgan fingerprint density at radius 2 is 1.90 bits per heavy atom. The molecule has 1 heterocycles. The van der Waals surface area contributed by atoms with Crippen molar-refractivity contribution in [3.8, 4) is 22.8 Å². The molecule has 0 radical (unpaired) electrons. The molecule has 1 aromatic carbocycles. The molecule has 5 heteroatoms. The summed E-state index contributed by atoms with van der Waals surface area (Å²) in [6.45, 7) is 4.30. The molecule has 1 unspecified atom stereocenters. The van der Waals surface area contributed by atoms with E-state index in [2.05, 4.69) is 23.8 Å². The number of nitrogens with one attached hydrogen (secondary N) is 1. The first-order valence-corrected chi connectivity index (χ1v) is 7.08. The minimum Gasteiger partial charge on any atom is -0.493 e. The van der Waals surface area contributed by atoms with Gasteiger partial charge in [-0.15, -0.1) is 0 Å². The molecule has 0 spiro atoms. The zero-order valence-electron chi connectivity index (χ0n) is 13.0. The van der Waals surface area contributed by atoms with Crippen LogP contribution in [0.15, 0.2) is 24.4 Å². The Labute approximate surface area is 125 Å². The number of nitrogens with two attached hydrogens (primary N) is 1. The molecule has 3 N–H and O–H groups in total. The van der Waals surface area contributed by atoms with Crippen LogP contribution in [0.5, 0.6) is 11.5 Å². The first kappa shape index (κ1) is 15.4. The molecular weight excluding hydrogens is 266 g/mol. The number of imidazole rings is 1. The fourth-order valence-corrected chi connectivity index (χ4v) is 2.30. The molecule has 0 aliphatic carbocycles. The van der Waals surface area contributed by atoms with E-state index in [1.54, 1.807) is 20.4 Å². The van der Waals surface area contributed by atoms with Crippen LogP contribution in [0.3, 0.4) is 0 Å². The Morgan fingerprint density at radius 1 is 1.19 bits per heavy atom. The van der Waals surface area contributed by atoms with Crippen LogP contribution < -0.4 is 15.2 Å². The van der Waals surface area contributed by atoms with Crippen molar-refractivity contribution in [1.82, 2.24) is 9.97 Å². The predicted molar refractivity (Wildman–Crippen MR) is 83.5 cm³/mol. The molecule has 2 rings (SSSR count). The minimum atomic E-state index is -0.0705. The summed E-state index contributed by atoms with van der Waals surface area (Å²) < 4.78 is 10.6.